The van der Waals surface area contributed by atoms with Gasteiger partial charge in [-0.1, -0.05) is 25.1 Å². The highest BCUT2D eigenvalue weighted by Crippen LogP contribution is 2.42. The van der Waals surface area contributed by atoms with Gasteiger partial charge in [0, 0.05) is 17.1 Å². The molecule has 1 saturated heterocycles. The molecule has 4 heterocycles. The van der Waals surface area contributed by atoms with Gasteiger partial charge >= 0.3 is 0 Å². The Morgan fingerprint density at radius 3 is 2.71 bits per heavy atom. The van der Waals surface area contributed by atoms with E-state index in [9.17, 15) is 0 Å². The van der Waals surface area contributed by atoms with Crippen LogP contribution >= 0.6 is 23.1 Å². The van der Waals surface area contributed by atoms with E-state index in [1.54, 1.807) is 4.90 Å². The first kappa shape index (κ1) is 20.4. The van der Waals surface area contributed by atoms with E-state index in [0.29, 0.717) is 6.61 Å². The Kier molecular flexibility index (Phi) is 6.16. The number of aromatic nitrogens is 2. The zero-order valence-electron chi connectivity index (χ0n) is 17.6. The molecule has 0 aliphatic carbocycles. The zero-order valence-corrected chi connectivity index (χ0v) is 19.3. The minimum atomic E-state index is -0.113. The smallest absolute Gasteiger partial charge is 0.190 e. The zero-order chi connectivity index (χ0) is 19.7. The van der Waals surface area contributed by atoms with Gasteiger partial charge in [0.1, 0.15) is 10.6 Å². The SMILES string of the molecule is CCCCSc1nc(N2CC[NH+](CC)CC2)c2c3c(sc2n1)COC(C)(C)C3. The number of unbranched alkanes of at least 4 members (excludes halogenated alkanes) is 1. The minimum Gasteiger partial charge on any atom is -0.370 e. The Labute approximate surface area is 176 Å². The van der Waals surface area contributed by atoms with E-state index in [2.05, 4.69) is 32.6 Å². The van der Waals surface area contributed by atoms with E-state index >= 15 is 0 Å². The van der Waals surface area contributed by atoms with Crippen molar-refractivity contribution in [2.75, 3.05) is 43.4 Å². The molecule has 0 amide bonds. The molecule has 0 unspecified atom stereocenters. The Hall–Kier alpha value is -0.890. The Bertz CT molecular complexity index is 827. The fourth-order valence-electron chi connectivity index (χ4n) is 4.10. The van der Waals surface area contributed by atoms with Crippen LogP contribution in [-0.4, -0.2) is 54.0 Å². The van der Waals surface area contributed by atoms with E-state index in [-0.39, 0.29) is 5.60 Å². The lowest BCUT2D eigenvalue weighted by Gasteiger charge is -2.34. The van der Waals surface area contributed by atoms with Crippen molar-refractivity contribution in [2.24, 2.45) is 0 Å². The number of fused-ring (bicyclic) bond motifs is 3. The summed E-state index contributed by atoms with van der Waals surface area (Å²) in [5.41, 5.74) is 1.32. The second kappa shape index (κ2) is 8.46. The molecule has 0 aromatic carbocycles. The Balaban J connectivity index is 1.74. The van der Waals surface area contributed by atoms with Crippen LogP contribution in [0.15, 0.2) is 5.16 Å². The number of thiophene rings is 1. The third-order valence-corrected chi connectivity index (χ3v) is 7.92. The lowest BCUT2D eigenvalue weighted by molar-refractivity contribution is -0.898. The molecule has 2 aromatic rings. The average Bonchev–Trinajstić information content (AvgIpc) is 3.04. The summed E-state index contributed by atoms with van der Waals surface area (Å²) in [6.07, 6.45) is 3.37. The quantitative estimate of drug-likeness (QED) is 0.441. The molecule has 2 aliphatic heterocycles. The molecule has 5 nitrogen and oxygen atoms in total. The van der Waals surface area contributed by atoms with E-state index in [1.165, 1.54) is 54.1 Å². The number of anilines is 1. The molecule has 0 bridgehead atoms. The number of thioether (sulfide) groups is 1. The molecular formula is C21H33N4OS2+. The Morgan fingerprint density at radius 2 is 2.00 bits per heavy atom. The first-order valence-corrected chi connectivity index (χ1v) is 12.5. The van der Waals surface area contributed by atoms with Crippen molar-refractivity contribution >= 4 is 39.1 Å². The molecule has 1 N–H and O–H groups in total. The van der Waals surface area contributed by atoms with Crippen LogP contribution in [0.1, 0.15) is 51.0 Å². The number of hydrogen-bond donors (Lipinski definition) is 1. The maximum absolute atomic E-state index is 6.09. The fraction of sp³-hybridized carbons (Fsp3) is 0.714. The predicted octanol–water partition coefficient (Wildman–Crippen LogP) is 3.16. The first-order chi connectivity index (χ1) is 13.5. The Morgan fingerprint density at radius 1 is 1.21 bits per heavy atom. The number of likely N-dealkylation sites (N-methyl/N-ethyl adjacent to an activating group) is 1. The topological polar surface area (TPSA) is 42.7 Å². The monoisotopic (exact) mass is 421 g/mol. The summed E-state index contributed by atoms with van der Waals surface area (Å²) in [4.78, 5) is 16.8. The average molecular weight is 422 g/mol. The van der Waals surface area contributed by atoms with Crippen LogP contribution in [0.4, 0.5) is 5.82 Å². The number of nitrogens with one attached hydrogen (secondary N) is 1. The minimum absolute atomic E-state index is 0.113. The van der Waals surface area contributed by atoms with Crippen LogP contribution in [0.5, 0.6) is 0 Å². The first-order valence-electron chi connectivity index (χ1n) is 10.7. The van der Waals surface area contributed by atoms with Gasteiger partial charge in [0.25, 0.3) is 0 Å². The number of nitrogens with zero attached hydrogens (tertiary/aromatic N) is 3. The summed E-state index contributed by atoms with van der Waals surface area (Å²) in [5, 5.41) is 2.25. The molecule has 2 aromatic heterocycles. The van der Waals surface area contributed by atoms with Crippen LogP contribution in [0.3, 0.4) is 0 Å². The van der Waals surface area contributed by atoms with Crippen LogP contribution in [-0.2, 0) is 17.8 Å². The van der Waals surface area contributed by atoms with Gasteiger partial charge in [0.15, 0.2) is 5.16 Å². The van der Waals surface area contributed by atoms with Crippen LogP contribution < -0.4 is 9.80 Å². The highest BCUT2D eigenvalue weighted by Gasteiger charge is 2.32. The van der Waals surface area contributed by atoms with Gasteiger partial charge in [-0.05, 0) is 32.8 Å². The van der Waals surface area contributed by atoms with Crippen molar-refractivity contribution < 1.29 is 9.64 Å². The van der Waals surface area contributed by atoms with Crippen molar-refractivity contribution in [1.82, 2.24) is 9.97 Å². The number of hydrogen-bond acceptors (Lipinski definition) is 6. The molecule has 7 heteroatoms. The van der Waals surface area contributed by atoms with Crippen molar-refractivity contribution in [3.05, 3.63) is 10.4 Å². The summed E-state index contributed by atoms with van der Waals surface area (Å²) in [6, 6.07) is 0. The molecule has 0 radical (unpaired) electrons. The summed E-state index contributed by atoms with van der Waals surface area (Å²) in [7, 11) is 0. The largest absolute Gasteiger partial charge is 0.370 e. The molecule has 0 atom stereocenters. The van der Waals surface area contributed by atoms with Gasteiger partial charge in [-0.3, -0.25) is 0 Å². The van der Waals surface area contributed by atoms with Gasteiger partial charge in [-0.25, -0.2) is 9.97 Å². The van der Waals surface area contributed by atoms with Gasteiger partial charge in [-0.2, -0.15) is 0 Å². The molecule has 1 fully saturated rings. The van der Waals surface area contributed by atoms with Crippen molar-refractivity contribution in [2.45, 2.75) is 64.3 Å². The van der Waals surface area contributed by atoms with E-state index in [1.807, 2.05) is 23.1 Å². The molecular weight excluding hydrogens is 388 g/mol. The van der Waals surface area contributed by atoms with E-state index in [0.717, 1.165) is 35.3 Å². The summed E-state index contributed by atoms with van der Waals surface area (Å²) in [5.74, 6) is 2.27. The van der Waals surface area contributed by atoms with Crippen LogP contribution in [0.2, 0.25) is 0 Å². The van der Waals surface area contributed by atoms with E-state index in [4.69, 9.17) is 14.7 Å². The predicted molar refractivity (Wildman–Crippen MR) is 119 cm³/mol. The lowest BCUT2D eigenvalue weighted by atomic mass is 9.94. The maximum atomic E-state index is 6.09. The van der Waals surface area contributed by atoms with Crippen LogP contribution in [0, 0.1) is 0 Å². The third-order valence-electron chi connectivity index (χ3n) is 5.89. The van der Waals surface area contributed by atoms with Crippen molar-refractivity contribution in [3.8, 4) is 0 Å². The van der Waals surface area contributed by atoms with Gasteiger partial charge in [0.05, 0.1) is 50.3 Å². The second-order valence-electron chi connectivity index (χ2n) is 8.53. The van der Waals surface area contributed by atoms with Crippen molar-refractivity contribution in [3.63, 3.8) is 0 Å². The van der Waals surface area contributed by atoms with Crippen LogP contribution in [0.25, 0.3) is 10.2 Å². The molecule has 4 rings (SSSR count). The molecule has 0 spiro atoms. The molecule has 2 aliphatic rings. The summed E-state index contributed by atoms with van der Waals surface area (Å²) >= 11 is 3.63. The highest BCUT2D eigenvalue weighted by molar-refractivity contribution is 7.99. The standard InChI is InChI=1S/C21H32N4OS2/c1-5-7-12-27-20-22-18(25-10-8-24(6-2)9-11-25)17-15-13-21(3,4)26-14-16(15)28-19(17)23-20/h5-14H2,1-4H3/p+1. The third kappa shape index (κ3) is 4.18. The number of ether oxygens (including phenoxy) is 1. The number of rotatable bonds is 6. The summed E-state index contributed by atoms with van der Waals surface area (Å²) < 4.78 is 6.09. The molecule has 0 saturated carbocycles. The van der Waals surface area contributed by atoms with Crippen molar-refractivity contribution in [1.29, 1.82) is 0 Å². The van der Waals surface area contributed by atoms with Gasteiger partial charge in [-0.15, -0.1) is 11.3 Å². The van der Waals surface area contributed by atoms with E-state index < -0.39 is 0 Å². The summed E-state index contributed by atoms with van der Waals surface area (Å²) in [6.45, 7) is 15.4. The number of piperazine rings is 1. The molecule has 28 heavy (non-hydrogen) atoms. The lowest BCUT2D eigenvalue weighted by Crippen LogP contribution is -3.14. The van der Waals surface area contributed by atoms with Gasteiger partial charge in [0.2, 0.25) is 0 Å². The fourth-order valence-corrected chi connectivity index (χ4v) is 6.17. The highest BCUT2D eigenvalue weighted by atomic mass is 32.2. The molecule has 154 valence electrons. The number of quaternary nitrogens is 1. The maximum Gasteiger partial charge on any atom is 0.190 e. The van der Waals surface area contributed by atoms with Gasteiger partial charge < -0.3 is 14.5 Å². The normalized spacial score (nSPS) is 19.9. The second-order valence-corrected chi connectivity index (χ2v) is 10.7.